The van der Waals surface area contributed by atoms with Gasteiger partial charge in [0.1, 0.15) is 6.61 Å². The number of nitrogens with one attached hydrogen (secondary N) is 1. The van der Waals surface area contributed by atoms with Crippen molar-refractivity contribution in [3.63, 3.8) is 0 Å². The molecule has 0 atom stereocenters. The molecule has 0 spiro atoms. The summed E-state index contributed by atoms with van der Waals surface area (Å²) in [7, 11) is 0. The molecule has 0 heterocycles. The van der Waals surface area contributed by atoms with Gasteiger partial charge < -0.3 is 15.2 Å². The summed E-state index contributed by atoms with van der Waals surface area (Å²) in [4.78, 5) is 21.5. The lowest BCUT2D eigenvalue weighted by Crippen LogP contribution is -2.27. The predicted octanol–water partition coefficient (Wildman–Crippen LogP) is 1.02. The standard InChI is InChI=1S/C11H14N2O4/c1-8(14)17-7-13-11(15)16-6-9-2-4-10(12)5-3-9/h2-5H,6-7,12H2,1H3,(H,13,15). The first-order valence-electron chi connectivity index (χ1n) is 4.96. The lowest BCUT2D eigenvalue weighted by Gasteiger charge is -2.07. The van der Waals surface area contributed by atoms with Crippen molar-refractivity contribution in [3.05, 3.63) is 29.8 Å². The summed E-state index contributed by atoms with van der Waals surface area (Å²) in [6.07, 6.45) is -0.650. The van der Waals surface area contributed by atoms with E-state index in [4.69, 9.17) is 10.5 Å². The van der Waals surface area contributed by atoms with Crippen LogP contribution in [0.15, 0.2) is 24.3 Å². The van der Waals surface area contributed by atoms with Crippen LogP contribution >= 0.6 is 0 Å². The fourth-order valence-corrected chi connectivity index (χ4v) is 1.01. The summed E-state index contributed by atoms with van der Waals surface area (Å²) in [5, 5.41) is 2.27. The fourth-order valence-electron chi connectivity index (χ4n) is 1.01. The first kappa shape index (κ1) is 12.8. The summed E-state index contributed by atoms with van der Waals surface area (Å²) < 4.78 is 9.38. The van der Waals surface area contributed by atoms with E-state index in [2.05, 4.69) is 10.1 Å². The van der Waals surface area contributed by atoms with Crippen molar-refractivity contribution in [3.8, 4) is 0 Å². The third kappa shape index (κ3) is 5.41. The van der Waals surface area contributed by atoms with Crippen molar-refractivity contribution in [1.82, 2.24) is 5.32 Å². The summed E-state index contributed by atoms with van der Waals surface area (Å²) in [5.41, 5.74) is 6.98. The maximum Gasteiger partial charge on any atom is 0.410 e. The third-order valence-electron chi connectivity index (χ3n) is 1.84. The Morgan fingerprint density at radius 2 is 1.88 bits per heavy atom. The van der Waals surface area contributed by atoms with Crippen LogP contribution in [0.25, 0.3) is 0 Å². The SMILES string of the molecule is CC(=O)OCNC(=O)OCc1ccc(N)cc1. The molecule has 0 aliphatic heterocycles. The highest BCUT2D eigenvalue weighted by molar-refractivity contribution is 5.68. The highest BCUT2D eigenvalue weighted by atomic mass is 16.6. The van der Waals surface area contributed by atoms with Crippen LogP contribution in [0.5, 0.6) is 0 Å². The molecule has 0 radical (unpaired) electrons. The molecule has 6 heteroatoms. The monoisotopic (exact) mass is 238 g/mol. The van der Waals surface area contributed by atoms with Crippen LogP contribution in [-0.4, -0.2) is 18.8 Å². The number of esters is 1. The lowest BCUT2D eigenvalue weighted by molar-refractivity contribution is -0.141. The number of hydrogen-bond acceptors (Lipinski definition) is 5. The van der Waals surface area contributed by atoms with E-state index in [0.29, 0.717) is 5.69 Å². The van der Waals surface area contributed by atoms with Crippen molar-refractivity contribution in [2.45, 2.75) is 13.5 Å². The highest BCUT2D eigenvalue weighted by Crippen LogP contribution is 2.06. The van der Waals surface area contributed by atoms with Crippen LogP contribution in [0.3, 0.4) is 0 Å². The van der Waals surface area contributed by atoms with Crippen LogP contribution in [0.1, 0.15) is 12.5 Å². The van der Waals surface area contributed by atoms with Crippen LogP contribution in [-0.2, 0) is 20.9 Å². The molecule has 1 aromatic carbocycles. The van der Waals surface area contributed by atoms with E-state index >= 15 is 0 Å². The largest absolute Gasteiger partial charge is 0.445 e. The first-order valence-corrected chi connectivity index (χ1v) is 4.96. The van der Waals surface area contributed by atoms with Crippen LogP contribution < -0.4 is 11.1 Å². The number of hydrogen-bond donors (Lipinski definition) is 2. The zero-order chi connectivity index (χ0) is 12.7. The van der Waals surface area contributed by atoms with Gasteiger partial charge in [-0.15, -0.1) is 0 Å². The Morgan fingerprint density at radius 3 is 2.47 bits per heavy atom. The molecule has 0 aliphatic rings. The Hall–Kier alpha value is -2.24. The number of amides is 1. The number of ether oxygens (including phenoxy) is 2. The maximum atomic E-state index is 11.1. The Kier molecular flexibility index (Phi) is 4.80. The van der Waals surface area contributed by atoms with Gasteiger partial charge in [0.25, 0.3) is 0 Å². The Labute approximate surface area is 98.7 Å². The lowest BCUT2D eigenvalue weighted by atomic mass is 10.2. The first-order chi connectivity index (χ1) is 8.08. The highest BCUT2D eigenvalue weighted by Gasteiger charge is 2.02. The molecule has 1 aromatic rings. The number of nitrogens with two attached hydrogens (primary N) is 1. The summed E-state index contributed by atoms with van der Waals surface area (Å²) in [5.74, 6) is -0.469. The normalized spacial score (nSPS) is 9.47. The van der Waals surface area contributed by atoms with Crippen LogP contribution in [0.2, 0.25) is 0 Å². The molecule has 0 bridgehead atoms. The van der Waals surface area contributed by atoms with Gasteiger partial charge in [-0.25, -0.2) is 4.79 Å². The molecular weight excluding hydrogens is 224 g/mol. The summed E-state index contributed by atoms with van der Waals surface area (Å²) in [6, 6.07) is 6.95. The molecule has 3 N–H and O–H groups in total. The van der Waals surface area contributed by atoms with Crippen LogP contribution in [0.4, 0.5) is 10.5 Å². The quantitative estimate of drug-likeness (QED) is 0.464. The Morgan fingerprint density at radius 1 is 1.24 bits per heavy atom. The van der Waals surface area contributed by atoms with Crippen molar-refractivity contribution >= 4 is 17.7 Å². The van der Waals surface area contributed by atoms with E-state index in [1.54, 1.807) is 24.3 Å². The topological polar surface area (TPSA) is 90.6 Å². The molecule has 6 nitrogen and oxygen atoms in total. The van der Waals surface area contributed by atoms with E-state index in [-0.39, 0.29) is 13.3 Å². The molecule has 92 valence electrons. The van der Waals surface area contributed by atoms with Crippen molar-refractivity contribution in [2.24, 2.45) is 0 Å². The van der Waals surface area contributed by atoms with Gasteiger partial charge in [0, 0.05) is 12.6 Å². The molecule has 0 saturated carbocycles. The van der Waals surface area contributed by atoms with Gasteiger partial charge in [-0.3, -0.25) is 10.1 Å². The number of anilines is 1. The minimum absolute atomic E-state index is 0.131. The average molecular weight is 238 g/mol. The van der Waals surface area contributed by atoms with Gasteiger partial charge >= 0.3 is 12.1 Å². The molecular formula is C11H14N2O4. The van der Waals surface area contributed by atoms with E-state index in [1.165, 1.54) is 6.92 Å². The molecule has 0 aromatic heterocycles. The van der Waals surface area contributed by atoms with Crippen molar-refractivity contribution in [1.29, 1.82) is 0 Å². The number of rotatable bonds is 4. The number of carbonyl (C=O) groups excluding carboxylic acids is 2. The minimum atomic E-state index is -0.650. The molecule has 1 rings (SSSR count). The molecule has 0 fully saturated rings. The minimum Gasteiger partial charge on any atom is -0.445 e. The number of nitrogen functional groups attached to an aromatic ring is 1. The summed E-state index contributed by atoms with van der Waals surface area (Å²) >= 11 is 0. The van der Waals surface area contributed by atoms with Crippen molar-refractivity contribution in [2.75, 3.05) is 12.5 Å². The van der Waals surface area contributed by atoms with E-state index in [1.807, 2.05) is 0 Å². The molecule has 17 heavy (non-hydrogen) atoms. The van der Waals surface area contributed by atoms with Gasteiger partial charge in [-0.1, -0.05) is 12.1 Å². The zero-order valence-corrected chi connectivity index (χ0v) is 9.43. The van der Waals surface area contributed by atoms with E-state index in [0.717, 1.165) is 5.56 Å². The Bertz CT molecular complexity index is 389. The van der Waals surface area contributed by atoms with Gasteiger partial charge in [0.2, 0.25) is 0 Å². The van der Waals surface area contributed by atoms with Gasteiger partial charge in [-0.2, -0.15) is 0 Å². The maximum absolute atomic E-state index is 11.1. The van der Waals surface area contributed by atoms with E-state index in [9.17, 15) is 9.59 Å². The van der Waals surface area contributed by atoms with Crippen LogP contribution in [0, 0.1) is 0 Å². The second-order valence-corrected chi connectivity index (χ2v) is 3.27. The molecule has 0 unspecified atom stereocenters. The average Bonchev–Trinajstić information content (AvgIpc) is 2.28. The van der Waals surface area contributed by atoms with Gasteiger partial charge in [-0.05, 0) is 17.7 Å². The van der Waals surface area contributed by atoms with Gasteiger partial charge in [0.05, 0.1) is 0 Å². The second kappa shape index (κ2) is 6.37. The molecule has 0 aliphatic carbocycles. The number of alkyl carbamates (subject to hydrolysis) is 1. The van der Waals surface area contributed by atoms with E-state index < -0.39 is 12.1 Å². The third-order valence-corrected chi connectivity index (χ3v) is 1.84. The number of carbonyl (C=O) groups is 2. The fraction of sp³-hybridized carbons (Fsp3) is 0.273. The second-order valence-electron chi connectivity index (χ2n) is 3.27. The van der Waals surface area contributed by atoms with Crippen molar-refractivity contribution < 1.29 is 19.1 Å². The molecule has 0 saturated heterocycles. The molecule has 1 amide bonds. The number of benzene rings is 1. The zero-order valence-electron chi connectivity index (χ0n) is 9.43. The Balaban J connectivity index is 2.23. The van der Waals surface area contributed by atoms with Gasteiger partial charge in [0.15, 0.2) is 6.73 Å². The predicted molar refractivity (Wildman–Crippen MR) is 60.8 cm³/mol. The smallest absolute Gasteiger partial charge is 0.410 e. The summed E-state index contributed by atoms with van der Waals surface area (Å²) in [6.45, 7) is 1.18.